The van der Waals surface area contributed by atoms with Crippen molar-refractivity contribution >= 4 is 27.5 Å². The Morgan fingerprint density at radius 3 is 2.62 bits per heavy atom. The van der Waals surface area contributed by atoms with Crippen LogP contribution < -0.4 is 10.5 Å². The van der Waals surface area contributed by atoms with Gasteiger partial charge >= 0.3 is 11.8 Å². The lowest BCUT2D eigenvalue weighted by Crippen LogP contribution is -2.39. The summed E-state index contributed by atoms with van der Waals surface area (Å²) < 4.78 is 29.1. The number of sulfonamides is 1. The molecular formula is C19H30N4O5S. The third-order valence-corrected chi connectivity index (χ3v) is 6.09. The summed E-state index contributed by atoms with van der Waals surface area (Å²) in [6.45, 7) is 9.93. The lowest BCUT2D eigenvalue weighted by Gasteiger charge is -2.20. The van der Waals surface area contributed by atoms with Crippen LogP contribution in [0.1, 0.15) is 25.8 Å². The molecule has 2 rings (SSSR count). The van der Waals surface area contributed by atoms with Gasteiger partial charge in [-0.3, -0.25) is 9.59 Å². The number of amides is 2. The number of aryl methyl sites for hydroxylation is 1. The van der Waals surface area contributed by atoms with Gasteiger partial charge in [0.1, 0.15) is 0 Å². The van der Waals surface area contributed by atoms with Crippen LogP contribution in [0.25, 0.3) is 0 Å². The van der Waals surface area contributed by atoms with E-state index in [1.165, 1.54) is 23.1 Å². The molecule has 162 valence electrons. The molecule has 2 amide bonds. The first kappa shape index (κ1) is 23.3. The molecule has 29 heavy (non-hydrogen) atoms. The summed E-state index contributed by atoms with van der Waals surface area (Å²) in [6.07, 6.45) is 0.591. The Labute approximate surface area is 172 Å². The molecule has 0 aromatic heterocycles. The molecule has 0 spiro atoms. The molecule has 3 N–H and O–H groups in total. The van der Waals surface area contributed by atoms with Crippen LogP contribution in [0.2, 0.25) is 0 Å². The number of carbonyl (C=O) groups is 2. The van der Waals surface area contributed by atoms with Gasteiger partial charge in [0.05, 0.1) is 17.6 Å². The van der Waals surface area contributed by atoms with Crippen molar-refractivity contribution in [1.82, 2.24) is 9.80 Å². The van der Waals surface area contributed by atoms with Crippen LogP contribution in [-0.4, -0.2) is 75.5 Å². The van der Waals surface area contributed by atoms with Gasteiger partial charge in [-0.15, -0.1) is 0 Å². The molecule has 1 aromatic carbocycles. The van der Waals surface area contributed by atoms with E-state index < -0.39 is 21.8 Å². The van der Waals surface area contributed by atoms with Crippen LogP contribution >= 0.6 is 0 Å². The summed E-state index contributed by atoms with van der Waals surface area (Å²) >= 11 is 0. The predicted molar refractivity (Wildman–Crippen MR) is 110 cm³/mol. The first-order valence-corrected chi connectivity index (χ1v) is 11.3. The number of nitrogens with zero attached hydrogens (tertiary/aromatic N) is 2. The predicted octanol–water partition coefficient (Wildman–Crippen LogP) is 0.540. The van der Waals surface area contributed by atoms with Crippen LogP contribution in [0.3, 0.4) is 0 Å². The van der Waals surface area contributed by atoms with Crippen LogP contribution in [0.4, 0.5) is 5.69 Å². The van der Waals surface area contributed by atoms with Crippen molar-refractivity contribution in [3.8, 4) is 0 Å². The lowest BCUT2D eigenvalue weighted by molar-refractivity contribution is -0.142. The molecule has 1 heterocycles. The highest BCUT2D eigenvalue weighted by molar-refractivity contribution is 7.89. The highest BCUT2D eigenvalue weighted by Crippen LogP contribution is 2.19. The molecule has 9 nitrogen and oxygen atoms in total. The summed E-state index contributed by atoms with van der Waals surface area (Å²) in [5.41, 5.74) is 0.658. The van der Waals surface area contributed by atoms with Gasteiger partial charge in [-0.1, -0.05) is 19.9 Å². The number of hydrogen-bond acceptors (Lipinski definition) is 6. The number of rotatable bonds is 8. The maximum absolute atomic E-state index is 12.4. The Balaban J connectivity index is 1.89. The second-order valence-corrected chi connectivity index (χ2v) is 8.57. The second kappa shape index (κ2) is 10.1. The molecule has 0 aliphatic carbocycles. The number of ether oxygens (including phenoxy) is 1. The van der Waals surface area contributed by atoms with Crippen molar-refractivity contribution in [2.24, 2.45) is 5.14 Å². The van der Waals surface area contributed by atoms with Crippen LogP contribution in [0.5, 0.6) is 0 Å². The smallest absolute Gasteiger partial charge is 0.313 e. The molecule has 0 bridgehead atoms. The number of carbonyl (C=O) groups excluding carboxylic acids is 2. The van der Waals surface area contributed by atoms with Crippen molar-refractivity contribution in [3.63, 3.8) is 0 Å². The zero-order chi connectivity index (χ0) is 21.6. The van der Waals surface area contributed by atoms with Gasteiger partial charge in [-0.25, -0.2) is 13.6 Å². The highest BCUT2D eigenvalue weighted by atomic mass is 32.2. The average molecular weight is 427 g/mol. The third kappa shape index (κ3) is 6.49. The average Bonchev–Trinajstić information content (AvgIpc) is 3.14. The zero-order valence-corrected chi connectivity index (χ0v) is 18.0. The molecule has 1 aromatic rings. The number of benzene rings is 1. The number of hydrogen-bond donors (Lipinski definition) is 2. The summed E-state index contributed by atoms with van der Waals surface area (Å²) in [4.78, 5) is 28.3. The summed E-state index contributed by atoms with van der Waals surface area (Å²) in [7, 11) is -3.92. The normalized spacial score (nSPS) is 17.0. The molecule has 1 aliphatic heterocycles. The number of anilines is 1. The van der Waals surface area contributed by atoms with E-state index in [9.17, 15) is 18.0 Å². The summed E-state index contributed by atoms with van der Waals surface area (Å²) in [6, 6.07) is 4.30. The van der Waals surface area contributed by atoms with E-state index in [4.69, 9.17) is 9.88 Å². The fourth-order valence-electron chi connectivity index (χ4n) is 3.25. The van der Waals surface area contributed by atoms with E-state index in [-0.39, 0.29) is 16.7 Å². The number of likely N-dealkylation sites (tertiary alicyclic amines) is 1. The molecule has 1 atom stereocenters. The van der Waals surface area contributed by atoms with E-state index in [1.807, 2.05) is 0 Å². The minimum absolute atomic E-state index is 0.0873. The summed E-state index contributed by atoms with van der Waals surface area (Å²) in [5, 5.41) is 7.62. The Morgan fingerprint density at radius 2 is 2.00 bits per heavy atom. The molecule has 1 saturated heterocycles. The van der Waals surface area contributed by atoms with E-state index in [0.29, 0.717) is 31.7 Å². The highest BCUT2D eigenvalue weighted by Gasteiger charge is 2.30. The fraction of sp³-hybridized carbons (Fsp3) is 0.579. The minimum atomic E-state index is -3.92. The fourth-order valence-corrected chi connectivity index (χ4v) is 4.06. The van der Waals surface area contributed by atoms with E-state index in [0.717, 1.165) is 19.6 Å². The van der Waals surface area contributed by atoms with Crippen LogP contribution in [-0.2, 0) is 24.3 Å². The van der Waals surface area contributed by atoms with Gasteiger partial charge in [0, 0.05) is 25.3 Å². The van der Waals surface area contributed by atoms with Gasteiger partial charge in [-0.2, -0.15) is 0 Å². The zero-order valence-electron chi connectivity index (χ0n) is 17.2. The maximum atomic E-state index is 12.4. The summed E-state index contributed by atoms with van der Waals surface area (Å²) in [5.74, 6) is -1.49. The van der Waals surface area contributed by atoms with Crippen molar-refractivity contribution < 1.29 is 22.7 Å². The SMILES string of the molecule is CCN(CC)CCOC1CCN(C(=O)C(=O)Nc2ccc(C)c(S(N)(=O)=O)c2)C1. The van der Waals surface area contributed by atoms with Crippen molar-refractivity contribution in [3.05, 3.63) is 23.8 Å². The number of nitrogens with two attached hydrogens (primary N) is 1. The second-order valence-electron chi connectivity index (χ2n) is 7.04. The van der Waals surface area contributed by atoms with Gasteiger partial charge in [0.25, 0.3) is 0 Å². The van der Waals surface area contributed by atoms with Gasteiger partial charge in [0.2, 0.25) is 10.0 Å². The van der Waals surface area contributed by atoms with Gasteiger partial charge in [0.15, 0.2) is 0 Å². The van der Waals surface area contributed by atoms with E-state index in [2.05, 4.69) is 24.1 Å². The van der Waals surface area contributed by atoms with E-state index >= 15 is 0 Å². The Kier molecular flexibility index (Phi) is 8.14. The third-order valence-electron chi connectivity index (χ3n) is 5.03. The Bertz CT molecular complexity index is 839. The van der Waals surface area contributed by atoms with Crippen LogP contribution in [0, 0.1) is 6.92 Å². The van der Waals surface area contributed by atoms with Crippen molar-refractivity contribution in [2.45, 2.75) is 38.2 Å². The monoisotopic (exact) mass is 426 g/mol. The number of primary sulfonamides is 1. The molecule has 0 radical (unpaired) electrons. The Morgan fingerprint density at radius 1 is 1.31 bits per heavy atom. The van der Waals surface area contributed by atoms with Gasteiger partial charge < -0.3 is 19.9 Å². The van der Waals surface area contributed by atoms with Crippen molar-refractivity contribution in [1.29, 1.82) is 0 Å². The largest absolute Gasteiger partial charge is 0.375 e. The standard InChI is InChI=1S/C19H30N4O5S/c1-4-22(5-2)10-11-28-16-8-9-23(13-16)19(25)18(24)21-15-7-6-14(3)17(12-15)29(20,26)27/h6-7,12,16H,4-5,8-11,13H2,1-3H3,(H,21,24)(H2,20,26,27). The van der Waals surface area contributed by atoms with E-state index in [1.54, 1.807) is 6.92 Å². The maximum Gasteiger partial charge on any atom is 0.313 e. The minimum Gasteiger partial charge on any atom is -0.375 e. The van der Waals surface area contributed by atoms with Gasteiger partial charge in [-0.05, 0) is 44.1 Å². The first-order valence-electron chi connectivity index (χ1n) is 9.73. The molecule has 10 heteroatoms. The molecule has 0 saturated carbocycles. The number of nitrogens with one attached hydrogen (secondary N) is 1. The molecule has 1 aliphatic rings. The van der Waals surface area contributed by atoms with Crippen molar-refractivity contribution in [2.75, 3.05) is 44.6 Å². The lowest BCUT2D eigenvalue weighted by atomic mass is 10.2. The van der Waals surface area contributed by atoms with Crippen LogP contribution in [0.15, 0.2) is 23.1 Å². The Hall–Kier alpha value is -2.01. The number of likely N-dealkylation sites (N-methyl/N-ethyl adjacent to an activating group) is 1. The molecule has 1 fully saturated rings. The molecular weight excluding hydrogens is 396 g/mol. The quantitative estimate of drug-likeness (QED) is 0.585. The molecule has 1 unspecified atom stereocenters. The topological polar surface area (TPSA) is 122 Å². The first-order chi connectivity index (χ1) is 13.7.